The smallest absolute Gasteiger partial charge is 0.592 e. The number of nitrogens with zero attached hydrogens (tertiary/aromatic N) is 1. The van der Waals surface area contributed by atoms with E-state index in [1.165, 1.54) is 6.08 Å². The van der Waals surface area contributed by atoms with E-state index in [4.69, 9.17) is 0 Å². The Balaban J connectivity index is 0.00000181. The SMILES string of the molecule is CC(C)(C)[N+](C)(C)[Si](=O)c1cccc2c1C1=CC3=CC=CC(=C(F)F)C3C1=CC=C2.[Cl-].[Cl-].[Ti]. The summed E-state index contributed by atoms with van der Waals surface area (Å²) in [6.45, 7) is 6.26. The summed E-state index contributed by atoms with van der Waals surface area (Å²) >= 11 is 0. The first-order valence-corrected chi connectivity index (χ1v) is 11.5. The van der Waals surface area contributed by atoms with Crippen LogP contribution in [-0.4, -0.2) is 32.6 Å². The molecule has 0 saturated heterocycles. The van der Waals surface area contributed by atoms with Gasteiger partial charge in [-0.05, 0) is 55.2 Å². The van der Waals surface area contributed by atoms with Crippen molar-refractivity contribution in [3.63, 3.8) is 0 Å². The molecule has 0 bridgehead atoms. The molecule has 174 valence electrons. The van der Waals surface area contributed by atoms with Gasteiger partial charge in [-0.3, -0.25) is 0 Å². The number of rotatable bonds is 2. The van der Waals surface area contributed by atoms with E-state index in [0.29, 0.717) is 4.15 Å². The van der Waals surface area contributed by atoms with Crippen molar-refractivity contribution in [2.75, 3.05) is 14.1 Å². The maximum absolute atomic E-state index is 13.9. The summed E-state index contributed by atoms with van der Waals surface area (Å²) in [4.78, 5) is 0. The molecule has 1 atom stereocenters. The van der Waals surface area contributed by atoms with Crippen LogP contribution >= 0.6 is 0 Å². The van der Waals surface area contributed by atoms with Crippen LogP contribution < -0.4 is 30.0 Å². The first kappa shape index (κ1) is 29.8. The number of hydrogen-bond acceptors (Lipinski definition) is 1. The summed E-state index contributed by atoms with van der Waals surface area (Å²) < 4.78 is 41.7. The van der Waals surface area contributed by atoms with Gasteiger partial charge in [0.1, 0.15) is 0 Å². The molecule has 8 heteroatoms. The Labute approximate surface area is 223 Å². The minimum Gasteiger partial charge on any atom is -1.00 e. The van der Waals surface area contributed by atoms with E-state index in [2.05, 4.69) is 20.8 Å². The fourth-order valence-corrected chi connectivity index (χ4v) is 6.09. The maximum atomic E-state index is 13.9. The molecule has 0 saturated carbocycles. The second kappa shape index (κ2) is 10.6. The van der Waals surface area contributed by atoms with Gasteiger partial charge in [-0.1, -0.05) is 48.6 Å². The van der Waals surface area contributed by atoms with Crippen molar-refractivity contribution in [2.45, 2.75) is 26.3 Å². The molecular weight excluding hydrogens is 515 g/mol. The number of benzene rings is 1. The van der Waals surface area contributed by atoms with Crippen LogP contribution in [0.25, 0.3) is 11.6 Å². The first-order valence-electron chi connectivity index (χ1n) is 10.1. The van der Waals surface area contributed by atoms with Gasteiger partial charge in [-0.15, -0.1) is 0 Å². The van der Waals surface area contributed by atoms with E-state index < -0.39 is 20.8 Å². The summed E-state index contributed by atoms with van der Waals surface area (Å²) in [5.74, 6) is -0.480. The normalized spacial score (nSPS) is 18.1. The van der Waals surface area contributed by atoms with E-state index in [1.54, 1.807) is 6.08 Å². The van der Waals surface area contributed by atoms with Gasteiger partial charge in [0.2, 0.25) is 0 Å². The van der Waals surface area contributed by atoms with Crippen molar-refractivity contribution >= 4 is 25.7 Å². The van der Waals surface area contributed by atoms with E-state index in [-0.39, 0.29) is 57.6 Å². The Hall–Kier alpha value is -1.21. The molecule has 0 N–H and O–H groups in total. The molecule has 3 aliphatic carbocycles. The van der Waals surface area contributed by atoms with Crippen LogP contribution in [0.4, 0.5) is 8.78 Å². The molecule has 0 heterocycles. The summed E-state index contributed by atoms with van der Waals surface area (Å²) in [7, 11) is 1.73. The summed E-state index contributed by atoms with van der Waals surface area (Å²) in [5.41, 5.74) is 4.29. The first-order chi connectivity index (χ1) is 14.0. The Morgan fingerprint density at radius 1 is 1.03 bits per heavy atom. The van der Waals surface area contributed by atoms with Gasteiger partial charge in [0.05, 0.1) is 24.8 Å². The van der Waals surface area contributed by atoms with Crippen LogP contribution in [0.2, 0.25) is 0 Å². The van der Waals surface area contributed by atoms with Crippen LogP contribution in [-0.2, 0) is 26.2 Å². The minimum absolute atomic E-state index is 0. The zero-order valence-electron chi connectivity index (χ0n) is 19.2. The Bertz CT molecular complexity index is 1150. The van der Waals surface area contributed by atoms with Crippen LogP contribution in [0, 0.1) is 5.92 Å². The molecule has 0 radical (unpaired) electrons. The van der Waals surface area contributed by atoms with Crippen molar-refractivity contribution in [2.24, 2.45) is 5.92 Å². The number of hydrogen-bond donors (Lipinski definition) is 0. The largest absolute Gasteiger partial charge is 1.00 e. The third kappa shape index (κ3) is 4.95. The van der Waals surface area contributed by atoms with Gasteiger partial charge in [-0.2, -0.15) is 8.78 Å². The van der Waals surface area contributed by atoms with E-state index in [1.807, 2.05) is 62.7 Å². The van der Waals surface area contributed by atoms with Crippen molar-refractivity contribution in [3.8, 4) is 0 Å². The molecule has 0 amide bonds. The number of quaternary nitrogens is 1. The van der Waals surface area contributed by atoms with Crippen LogP contribution in [0.15, 0.2) is 77.5 Å². The molecular formula is C25H26Cl2F2NOSiTi-. The molecule has 1 unspecified atom stereocenters. The van der Waals surface area contributed by atoms with Crippen molar-refractivity contribution in [1.82, 2.24) is 0 Å². The molecule has 33 heavy (non-hydrogen) atoms. The average Bonchev–Trinajstić information content (AvgIpc) is 2.94. The van der Waals surface area contributed by atoms with Gasteiger partial charge in [0.25, 0.3) is 6.08 Å². The Kier molecular flexibility index (Phi) is 9.57. The number of fused-ring (bicyclic) bond motifs is 5. The molecule has 0 aliphatic heterocycles. The summed E-state index contributed by atoms with van der Waals surface area (Å²) in [6.07, 6.45) is 11.2. The monoisotopic (exact) mass is 540 g/mol. The van der Waals surface area contributed by atoms with Gasteiger partial charge >= 0.3 is 8.84 Å². The van der Waals surface area contributed by atoms with E-state index in [0.717, 1.165) is 33.0 Å². The number of halogens is 4. The van der Waals surface area contributed by atoms with Gasteiger partial charge in [0.15, 0.2) is 0 Å². The molecule has 0 spiro atoms. The predicted octanol–water partition coefficient (Wildman–Crippen LogP) is -0.694. The van der Waals surface area contributed by atoms with E-state index >= 15 is 0 Å². The molecule has 3 aliphatic rings. The zero-order valence-corrected chi connectivity index (χ0v) is 23.3. The Morgan fingerprint density at radius 2 is 1.67 bits per heavy atom. The molecule has 0 fully saturated rings. The Morgan fingerprint density at radius 3 is 2.27 bits per heavy atom. The fourth-order valence-electron chi connectivity index (χ4n) is 4.14. The number of allylic oxidation sites excluding steroid dienone is 10. The summed E-state index contributed by atoms with van der Waals surface area (Å²) in [5, 5.41) is 0.805. The minimum atomic E-state index is -2.27. The van der Waals surface area contributed by atoms with Crippen LogP contribution in [0.5, 0.6) is 0 Å². The van der Waals surface area contributed by atoms with Crippen LogP contribution in [0.1, 0.15) is 31.9 Å². The third-order valence-corrected chi connectivity index (χ3v) is 9.26. The third-order valence-electron chi connectivity index (χ3n) is 6.69. The molecule has 1 aromatic rings. The fraction of sp³-hybridized carbons (Fsp3) is 0.280. The average molecular weight is 541 g/mol. The van der Waals surface area contributed by atoms with Crippen molar-refractivity contribution in [3.05, 3.63) is 88.6 Å². The van der Waals surface area contributed by atoms with Gasteiger partial charge in [-0.25, -0.2) is 0 Å². The van der Waals surface area contributed by atoms with Crippen molar-refractivity contribution < 1.29 is 63.9 Å². The van der Waals surface area contributed by atoms with Crippen molar-refractivity contribution in [1.29, 1.82) is 0 Å². The van der Waals surface area contributed by atoms with Crippen LogP contribution in [0.3, 0.4) is 0 Å². The molecule has 1 aromatic carbocycles. The summed E-state index contributed by atoms with van der Waals surface area (Å²) in [6, 6.07) is 5.87. The molecule has 4 rings (SSSR count). The predicted molar refractivity (Wildman–Crippen MR) is 119 cm³/mol. The zero-order chi connectivity index (χ0) is 21.8. The molecule has 2 nitrogen and oxygen atoms in total. The quantitative estimate of drug-likeness (QED) is 0.454. The standard InChI is InChI=1S/C25H26F2NOSi.2ClH.Ti/c1-25(2,3)28(4,5)30(29)21-14-8-10-16-9-6-12-18-20(23(16)21)15-17-11-7-13-19(22(17)18)24(26)27;;;/h6-15,22H,1-5H3;2*1H;/q+1;;;/p-2. The van der Waals surface area contributed by atoms with Gasteiger partial charge < -0.3 is 33.4 Å². The maximum Gasteiger partial charge on any atom is 0.592 e. The topological polar surface area (TPSA) is 17.1 Å². The van der Waals surface area contributed by atoms with Gasteiger partial charge in [0, 0.05) is 38.8 Å². The second-order valence-corrected chi connectivity index (χ2v) is 11.7. The second-order valence-electron chi connectivity index (χ2n) is 9.41. The van der Waals surface area contributed by atoms with E-state index in [9.17, 15) is 13.2 Å². The molecule has 0 aromatic heterocycles.